The third-order valence-corrected chi connectivity index (χ3v) is 16.2. The number of aryl methyl sites for hydroxylation is 4. The zero-order valence-corrected chi connectivity index (χ0v) is 47.1. The van der Waals surface area contributed by atoms with Gasteiger partial charge in [-0.25, -0.2) is 0 Å². The van der Waals surface area contributed by atoms with E-state index in [9.17, 15) is 0 Å². The van der Waals surface area contributed by atoms with Gasteiger partial charge >= 0.3 is 20.1 Å². The summed E-state index contributed by atoms with van der Waals surface area (Å²) in [5.74, 6) is 0. The van der Waals surface area contributed by atoms with E-state index in [1.165, 1.54) is 0 Å². The Kier molecular flexibility index (Phi) is 12.2. The zero-order valence-electron chi connectivity index (χ0n) is 44.7. The van der Waals surface area contributed by atoms with Gasteiger partial charge in [-0.3, -0.25) is 9.03 Å². The van der Waals surface area contributed by atoms with Crippen LogP contribution in [0.2, 0.25) is 0 Å². The molecule has 81 heavy (non-hydrogen) atoms. The topological polar surface area (TPSA) is 73.3 Å². The molecule has 8 aromatic carbocycles. The quantitative estimate of drug-likeness (QED) is 0.112. The molecule has 0 atom stereocenters. The second-order valence-electron chi connectivity index (χ2n) is 20.8. The van der Waals surface area contributed by atoms with Crippen LogP contribution < -0.4 is 0 Å². The van der Waals surface area contributed by atoms with Crippen LogP contribution in [-0.4, -0.2) is 34.2 Å². The van der Waals surface area contributed by atoms with Gasteiger partial charge in [-0.2, -0.15) is 10.2 Å². The number of nitrogens with zero attached hydrogens (tertiary/aromatic N) is 7. The molecule has 0 unspecified atom stereocenters. The molecule has 0 aliphatic heterocycles. The summed E-state index contributed by atoms with van der Waals surface area (Å²) in [6.45, 7) is 8.45. The van der Waals surface area contributed by atoms with Crippen molar-refractivity contribution in [3.8, 4) is 89.1 Å². The first-order chi connectivity index (χ1) is 39.3. The molecular weight excluding hydrogens is 1170 g/mol. The van der Waals surface area contributed by atoms with Crippen LogP contribution in [-0.2, 0) is 20.1 Å². The van der Waals surface area contributed by atoms with Crippen molar-refractivity contribution in [1.82, 2.24) is 34.2 Å². The van der Waals surface area contributed by atoms with E-state index in [0.29, 0.717) is 0 Å². The summed E-state index contributed by atoms with van der Waals surface area (Å²) < 4.78 is 4.18. The van der Waals surface area contributed by atoms with Crippen LogP contribution in [0.25, 0.3) is 144 Å². The van der Waals surface area contributed by atoms with Crippen molar-refractivity contribution in [2.45, 2.75) is 27.7 Å². The second-order valence-corrected chi connectivity index (χ2v) is 20.8. The Balaban J connectivity index is 0.00000589. The number of hydrogen-bond acceptors (Lipinski definition) is 5. The summed E-state index contributed by atoms with van der Waals surface area (Å²) in [5, 5.41) is 14.2. The first-order valence-corrected chi connectivity index (χ1v) is 27.0. The third-order valence-electron chi connectivity index (χ3n) is 16.2. The predicted molar refractivity (Wildman–Crippen MR) is 326 cm³/mol. The van der Waals surface area contributed by atoms with Gasteiger partial charge in [0.15, 0.2) is 0 Å². The van der Waals surface area contributed by atoms with Crippen LogP contribution in [0.15, 0.2) is 219 Å². The summed E-state index contributed by atoms with van der Waals surface area (Å²) in [6, 6.07) is 82.3. The molecule has 15 rings (SSSR count). The Morgan fingerprint density at radius 3 is 1.26 bits per heavy atom. The number of fused-ring (bicyclic) bond motifs is 12. The first kappa shape index (κ1) is 49.6. The van der Waals surface area contributed by atoms with Crippen molar-refractivity contribution in [3.63, 3.8) is 0 Å². The molecule has 0 spiro atoms. The molecule has 7 heterocycles. The average molecular weight is 1220 g/mol. The Morgan fingerprint density at radius 2 is 0.790 bits per heavy atom. The van der Waals surface area contributed by atoms with Gasteiger partial charge in [0.25, 0.3) is 0 Å². The molecule has 0 bridgehead atoms. The van der Waals surface area contributed by atoms with Crippen molar-refractivity contribution >= 4 is 54.6 Å². The largest absolute Gasteiger partial charge is 3.00 e. The van der Waals surface area contributed by atoms with Gasteiger partial charge in [0.05, 0.1) is 22.4 Å². The molecule has 8 heteroatoms. The van der Waals surface area contributed by atoms with E-state index >= 15 is 0 Å². The monoisotopic (exact) mass is 1220 g/mol. The van der Waals surface area contributed by atoms with Crippen LogP contribution in [0.3, 0.4) is 0 Å². The van der Waals surface area contributed by atoms with Crippen molar-refractivity contribution in [1.29, 1.82) is 0 Å². The van der Waals surface area contributed by atoms with E-state index in [-0.39, 0.29) is 20.1 Å². The molecule has 7 aromatic heterocycles. The van der Waals surface area contributed by atoms with Gasteiger partial charge in [-0.1, -0.05) is 165 Å². The summed E-state index contributed by atoms with van der Waals surface area (Å²) >= 11 is 0. The number of hydrogen-bond donors (Lipinski definition) is 0. The van der Waals surface area contributed by atoms with Gasteiger partial charge in [-0.15, -0.1) is 66.2 Å². The average Bonchev–Trinajstić information content (AvgIpc) is 4.13. The van der Waals surface area contributed by atoms with Crippen LogP contribution in [0.4, 0.5) is 0 Å². The molecule has 0 aliphatic carbocycles. The maximum absolute atomic E-state index is 5.10. The van der Waals surface area contributed by atoms with Crippen LogP contribution in [0.1, 0.15) is 22.5 Å². The van der Waals surface area contributed by atoms with Crippen molar-refractivity contribution in [2.24, 2.45) is 0 Å². The Bertz CT molecular complexity index is 4770. The number of aromatic nitrogens is 7. The van der Waals surface area contributed by atoms with E-state index in [4.69, 9.17) is 25.1 Å². The molecule has 0 radical (unpaired) electrons. The standard InChI is InChI=1S/C73H48N7.Ir/c1-44-46(3)77-79-68-42-52(30-32-63(68)70-65(72(44)79)24-14-35-75-70)58-19-9-12-22-61(58)55-38-54(60-21-11-8-18-57(60)49-26-28-50(29-27-49)67-41-51(34-37-74-67)48-16-6-5-7-17-48)39-56(40-55)62-23-13-10-20-59(62)53-31-33-64-69(43-53)80-73(45(2)47(4)78-80)66-25-15-36-76-71(64)66;/h5-28,30-31,34-43H,1-4H3;/q-3;+3. The third kappa shape index (κ3) is 8.25. The Labute approximate surface area is 482 Å². The van der Waals surface area contributed by atoms with Gasteiger partial charge in [0.2, 0.25) is 0 Å². The molecule has 15 aromatic rings. The summed E-state index contributed by atoms with van der Waals surface area (Å²) in [4.78, 5) is 14.6. The molecule has 0 N–H and O–H groups in total. The van der Waals surface area contributed by atoms with Crippen LogP contribution in [0, 0.1) is 45.9 Å². The van der Waals surface area contributed by atoms with Crippen molar-refractivity contribution < 1.29 is 20.1 Å². The fraction of sp³-hybridized carbons (Fsp3) is 0.0548. The van der Waals surface area contributed by atoms with Gasteiger partial charge in [0.1, 0.15) is 0 Å². The number of pyridine rings is 5. The predicted octanol–water partition coefficient (Wildman–Crippen LogP) is 17.7. The number of benzene rings is 8. The molecule has 7 nitrogen and oxygen atoms in total. The maximum Gasteiger partial charge on any atom is 3.00 e. The zero-order chi connectivity index (χ0) is 53.6. The summed E-state index contributed by atoms with van der Waals surface area (Å²) in [7, 11) is 0. The number of rotatable bonds is 8. The fourth-order valence-electron chi connectivity index (χ4n) is 12.0. The van der Waals surface area contributed by atoms with E-state index in [1.807, 2.05) is 36.8 Å². The maximum atomic E-state index is 5.10. The Hall–Kier alpha value is -9.72. The molecular formula is C73H48IrN7. The minimum Gasteiger partial charge on any atom is -0.305 e. The molecule has 0 fully saturated rings. The molecule has 384 valence electrons. The Morgan fingerprint density at radius 1 is 0.346 bits per heavy atom. The minimum atomic E-state index is 0. The van der Waals surface area contributed by atoms with E-state index in [1.54, 1.807) is 0 Å². The summed E-state index contributed by atoms with van der Waals surface area (Å²) in [6.07, 6.45) is 5.61. The van der Waals surface area contributed by atoms with E-state index < -0.39 is 0 Å². The van der Waals surface area contributed by atoms with Gasteiger partial charge in [-0.05, 0) is 158 Å². The van der Waals surface area contributed by atoms with E-state index in [2.05, 4.69) is 237 Å². The van der Waals surface area contributed by atoms with E-state index in [0.717, 1.165) is 166 Å². The van der Waals surface area contributed by atoms with Gasteiger partial charge in [0, 0.05) is 18.6 Å². The molecule has 0 aliphatic rings. The van der Waals surface area contributed by atoms with Crippen molar-refractivity contribution in [2.75, 3.05) is 0 Å². The SMILES string of the molecule is Cc1nn2c3cc(-c4ccccc4-c4cc(-c5ccccc5-c5c[c-]c(-c6cc(-c7ccccc7)ccn6)cc5)cc(-c5ccccc5-c5c[c-]c6c7ncccc7c7c(C)c(C)nn7c6c5)c4)c[c-]c3c3ncccc3c2c1C.[Ir+3]. The second kappa shape index (κ2) is 19.9. The van der Waals surface area contributed by atoms with Crippen molar-refractivity contribution in [3.05, 3.63) is 259 Å². The first-order valence-electron chi connectivity index (χ1n) is 27.0. The molecule has 0 amide bonds. The van der Waals surface area contributed by atoms with Crippen LogP contribution >= 0.6 is 0 Å². The summed E-state index contributed by atoms with van der Waals surface area (Å²) in [5.41, 5.74) is 27.2. The fourth-order valence-corrected chi connectivity index (χ4v) is 12.0. The normalized spacial score (nSPS) is 11.6. The van der Waals surface area contributed by atoms with Gasteiger partial charge < -0.3 is 15.0 Å². The minimum absolute atomic E-state index is 0. The molecule has 0 saturated carbocycles. The smallest absolute Gasteiger partial charge is 0.305 e. The molecule has 0 saturated heterocycles. The van der Waals surface area contributed by atoms with Crippen LogP contribution in [0.5, 0.6) is 0 Å².